The molecule has 1 amide bonds. The van der Waals surface area contributed by atoms with Crippen LogP contribution in [0.1, 0.15) is 21.5 Å². The van der Waals surface area contributed by atoms with Crippen LogP contribution in [-0.2, 0) is 0 Å². The molecule has 25 heavy (non-hydrogen) atoms. The average molecular weight is 395 g/mol. The zero-order valence-corrected chi connectivity index (χ0v) is 14.8. The van der Waals surface area contributed by atoms with Gasteiger partial charge in [0, 0.05) is 15.6 Å². The maximum Gasteiger partial charge on any atom is 0.275 e. The highest BCUT2D eigenvalue weighted by molar-refractivity contribution is 9.10. The van der Waals surface area contributed by atoms with Gasteiger partial charge in [-0.05, 0) is 24.3 Å². The molecule has 5 heteroatoms. The first-order valence-corrected chi connectivity index (χ1v) is 8.42. The predicted molar refractivity (Wildman–Crippen MR) is 102 cm³/mol. The molecule has 0 saturated heterocycles. The molecule has 0 aliphatic rings. The second-order valence-electron chi connectivity index (χ2n) is 5.29. The van der Waals surface area contributed by atoms with E-state index in [1.807, 2.05) is 54.6 Å². The van der Waals surface area contributed by atoms with Crippen molar-refractivity contribution in [2.45, 2.75) is 0 Å². The molecule has 3 aromatic carbocycles. The number of nitrogens with zero attached hydrogens (tertiary/aromatic N) is 1. The Morgan fingerprint density at radius 1 is 0.840 bits per heavy atom. The van der Waals surface area contributed by atoms with Gasteiger partial charge < -0.3 is 5.11 Å². The summed E-state index contributed by atoms with van der Waals surface area (Å²) in [6, 6.07) is 23.6. The van der Waals surface area contributed by atoms with Gasteiger partial charge in [0.25, 0.3) is 5.91 Å². The number of rotatable bonds is 4. The molecule has 0 spiro atoms. The van der Waals surface area contributed by atoms with Gasteiger partial charge in [0.05, 0.1) is 11.3 Å². The summed E-state index contributed by atoms with van der Waals surface area (Å²) in [5, 5.41) is 14.1. The Morgan fingerprint density at radius 2 is 1.44 bits per heavy atom. The first-order valence-electron chi connectivity index (χ1n) is 7.62. The molecule has 0 radical (unpaired) electrons. The minimum absolute atomic E-state index is 0.0832. The van der Waals surface area contributed by atoms with E-state index in [1.165, 1.54) is 6.07 Å². The molecule has 0 fully saturated rings. The Morgan fingerprint density at radius 3 is 2.12 bits per heavy atom. The average Bonchev–Trinajstić information content (AvgIpc) is 2.64. The number of carbonyl (C=O) groups is 1. The highest BCUT2D eigenvalue weighted by atomic mass is 79.9. The number of halogens is 1. The van der Waals surface area contributed by atoms with Gasteiger partial charge in [0.1, 0.15) is 5.75 Å². The van der Waals surface area contributed by atoms with Crippen molar-refractivity contribution in [1.82, 2.24) is 5.43 Å². The molecule has 0 bridgehead atoms. The first kappa shape index (κ1) is 16.9. The number of hydrogen-bond acceptors (Lipinski definition) is 3. The molecule has 0 heterocycles. The van der Waals surface area contributed by atoms with Crippen molar-refractivity contribution in [2.75, 3.05) is 0 Å². The largest absolute Gasteiger partial charge is 0.507 e. The summed E-state index contributed by atoms with van der Waals surface area (Å²) in [6.45, 7) is 0. The van der Waals surface area contributed by atoms with Crippen molar-refractivity contribution in [3.05, 3.63) is 100 Å². The Bertz CT molecular complexity index is 906. The van der Waals surface area contributed by atoms with E-state index in [0.717, 1.165) is 15.6 Å². The van der Waals surface area contributed by atoms with Crippen molar-refractivity contribution in [3.63, 3.8) is 0 Å². The van der Waals surface area contributed by atoms with Crippen LogP contribution in [0.3, 0.4) is 0 Å². The highest BCUT2D eigenvalue weighted by Crippen LogP contribution is 2.17. The highest BCUT2D eigenvalue weighted by Gasteiger charge is 2.11. The molecule has 4 nitrogen and oxygen atoms in total. The molecule has 0 atom stereocenters. The molecule has 0 aliphatic heterocycles. The van der Waals surface area contributed by atoms with Crippen LogP contribution < -0.4 is 5.43 Å². The van der Waals surface area contributed by atoms with Crippen molar-refractivity contribution in [1.29, 1.82) is 0 Å². The van der Waals surface area contributed by atoms with Gasteiger partial charge in [-0.15, -0.1) is 0 Å². The van der Waals surface area contributed by atoms with E-state index in [0.29, 0.717) is 5.71 Å². The van der Waals surface area contributed by atoms with Crippen LogP contribution in [0.25, 0.3) is 0 Å². The third-order valence-electron chi connectivity index (χ3n) is 3.58. The van der Waals surface area contributed by atoms with Crippen molar-refractivity contribution in [2.24, 2.45) is 5.10 Å². The van der Waals surface area contributed by atoms with E-state index in [4.69, 9.17) is 0 Å². The van der Waals surface area contributed by atoms with Crippen LogP contribution in [0.4, 0.5) is 0 Å². The monoisotopic (exact) mass is 394 g/mol. The summed E-state index contributed by atoms with van der Waals surface area (Å²) in [5.41, 5.74) is 5.08. The van der Waals surface area contributed by atoms with Gasteiger partial charge in [-0.3, -0.25) is 4.79 Å². The topological polar surface area (TPSA) is 61.7 Å². The number of benzene rings is 3. The zero-order valence-electron chi connectivity index (χ0n) is 13.2. The van der Waals surface area contributed by atoms with Gasteiger partial charge in [0.15, 0.2) is 0 Å². The predicted octanol–water partition coefficient (Wildman–Crippen LogP) is 4.34. The quantitative estimate of drug-likeness (QED) is 0.510. The molecular weight excluding hydrogens is 380 g/mol. The Hall–Kier alpha value is -2.92. The summed E-state index contributed by atoms with van der Waals surface area (Å²) < 4.78 is 0.960. The maximum absolute atomic E-state index is 12.3. The van der Waals surface area contributed by atoms with E-state index in [1.54, 1.807) is 18.2 Å². The Labute approximate surface area is 154 Å². The number of phenols is 1. The fraction of sp³-hybridized carbons (Fsp3) is 0. The van der Waals surface area contributed by atoms with Crippen LogP contribution in [0.2, 0.25) is 0 Å². The third kappa shape index (κ3) is 4.14. The van der Waals surface area contributed by atoms with Crippen molar-refractivity contribution in [3.8, 4) is 5.75 Å². The number of nitrogens with one attached hydrogen (secondary N) is 1. The van der Waals surface area contributed by atoms with Crippen LogP contribution >= 0.6 is 15.9 Å². The molecule has 0 saturated carbocycles. The SMILES string of the molecule is O=C(NN=C(c1ccccc1)c1ccc(Br)cc1)c1ccccc1O. The molecule has 2 N–H and O–H groups in total. The number of para-hydroxylation sites is 1. The smallest absolute Gasteiger partial charge is 0.275 e. The second kappa shape index (κ2) is 7.77. The lowest BCUT2D eigenvalue weighted by molar-refractivity contribution is 0.0952. The fourth-order valence-electron chi connectivity index (χ4n) is 2.33. The summed E-state index contributed by atoms with van der Waals surface area (Å²) in [5.74, 6) is -0.552. The third-order valence-corrected chi connectivity index (χ3v) is 4.11. The Balaban J connectivity index is 1.94. The van der Waals surface area contributed by atoms with Gasteiger partial charge >= 0.3 is 0 Å². The second-order valence-corrected chi connectivity index (χ2v) is 6.21. The van der Waals surface area contributed by atoms with Crippen molar-refractivity contribution >= 4 is 27.5 Å². The van der Waals surface area contributed by atoms with Gasteiger partial charge in [-0.2, -0.15) is 5.10 Å². The molecule has 124 valence electrons. The number of phenolic OH excluding ortho intramolecular Hbond substituents is 1. The fourth-order valence-corrected chi connectivity index (χ4v) is 2.60. The van der Waals surface area contributed by atoms with Gasteiger partial charge in [-0.25, -0.2) is 5.43 Å². The summed E-state index contributed by atoms with van der Waals surface area (Å²) in [4.78, 5) is 12.3. The lowest BCUT2D eigenvalue weighted by Gasteiger charge is -2.09. The number of hydrazone groups is 1. The minimum Gasteiger partial charge on any atom is -0.507 e. The van der Waals surface area contributed by atoms with Crippen molar-refractivity contribution < 1.29 is 9.90 Å². The van der Waals surface area contributed by atoms with Crippen LogP contribution in [0, 0.1) is 0 Å². The normalized spacial score (nSPS) is 11.2. The molecule has 0 unspecified atom stereocenters. The molecule has 3 aromatic rings. The van der Waals surface area contributed by atoms with Crippen LogP contribution in [0.5, 0.6) is 5.75 Å². The van der Waals surface area contributed by atoms with E-state index in [2.05, 4.69) is 26.5 Å². The first-order chi connectivity index (χ1) is 12.1. The molecule has 3 rings (SSSR count). The zero-order chi connectivity index (χ0) is 17.6. The number of aromatic hydroxyl groups is 1. The number of hydrogen-bond donors (Lipinski definition) is 2. The standard InChI is InChI=1S/C20H15BrN2O2/c21-16-12-10-15(11-13-16)19(14-6-2-1-3-7-14)22-23-20(25)17-8-4-5-9-18(17)24/h1-13,24H,(H,23,25). The van der Waals surface area contributed by atoms with E-state index in [9.17, 15) is 9.90 Å². The summed E-state index contributed by atoms with van der Waals surface area (Å²) >= 11 is 3.41. The minimum atomic E-state index is -0.469. The van der Waals surface area contributed by atoms with E-state index in [-0.39, 0.29) is 11.3 Å². The Kier molecular flexibility index (Phi) is 5.26. The molecule has 0 aliphatic carbocycles. The molecular formula is C20H15BrN2O2. The lowest BCUT2D eigenvalue weighted by atomic mass is 10.0. The number of carbonyl (C=O) groups excluding carboxylic acids is 1. The summed E-state index contributed by atoms with van der Waals surface area (Å²) in [6.07, 6.45) is 0. The van der Waals surface area contributed by atoms with Crippen LogP contribution in [-0.4, -0.2) is 16.7 Å². The lowest BCUT2D eigenvalue weighted by Crippen LogP contribution is -2.20. The number of amides is 1. The van der Waals surface area contributed by atoms with E-state index < -0.39 is 5.91 Å². The van der Waals surface area contributed by atoms with E-state index >= 15 is 0 Å². The maximum atomic E-state index is 12.3. The molecule has 0 aromatic heterocycles. The van der Waals surface area contributed by atoms with Gasteiger partial charge in [0.2, 0.25) is 0 Å². The van der Waals surface area contributed by atoms with Crippen LogP contribution in [0.15, 0.2) is 88.4 Å². The summed E-state index contributed by atoms with van der Waals surface area (Å²) in [7, 11) is 0. The van der Waals surface area contributed by atoms with Gasteiger partial charge in [-0.1, -0.05) is 70.5 Å².